The molecule has 0 radical (unpaired) electrons. The monoisotopic (exact) mass is 314 g/mol. The quantitative estimate of drug-likeness (QED) is 0.557. The topological polar surface area (TPSA) is 34.0 Å². The van der Waals surface area contributed by atoms with Crippen molar-refractivity contribution in [2.75, 3.05) is 5.32 Å². The fourth-order valence-electron chi connectivity index (χ4n) is 2.92. The lowest BCUT2D eigenvalue weighted by molar-refractivity contribution is -0.116. The molecule has 0 fully saturated rings. The molecule has 0 spiro atoms. The van der Waals surface area contributed by atoms with E-state index in [9.17, 15) is 4.79 Å². The molecular formula is C20H30N2O. The average molecular weight is 314 g/mol. The molecule has 0 saturated carbocycles. The van der Waals surface area contributed by atoms with Gasteiger partial charge < -0.3 is 9.88 Å². The van der Waals surface area contributed by atoms with E-state index in [1.165, 1.54) is 36.6 Å². The Morgan fingerprint density at radius 2 is 1.78 bits per heavy atom. The van der Waals surface area contributed by atoms with Crippen molar-refractivity contribution in [1.82, 2.24) is 4.57 Å². The van der Waals surface area contributed by atoms with E-state index in [1.807, 2.05) is 6.07 Å². The third-order valence-corrected chi connectivity index (χ3v) is 4.32. The molecule has 0 aliphatic heterocycles. The maximum atomic E-state index is 12.0. The van der Waals surface area contributed by atoms with Crippen molar-refractivity contribution in [3.05, 3.63) is 30.5 Å². The third kappa shape index (κ3) is 5.42. The minimum absolute atomic E-state index is 0.124. The summed E-state index contributed by atoms with van der Waals surface area (Å²) in [4.78, 5) is 12.0. The highest BCUT2D eigenvalue weighted by atomic mass is 16.1. The van der Waals surface area contributed by atoms with Crippen molar-refractivity contribution in [2.24, 2.45) is 0 Å². The number of anilines is 1. The maximum absolute atomic E-state index is 12.0. The van der Waals surface area contributed by atoms with Crippen LogP contribution in [-0.2, 0) is 11.3 Å². The fourth-order valence-corrected chi connectivity index (χ4v) is 2.92. The van der Waals surface area contributed by atoms with Crippen LogP contribution in [0.2, 0.25) is 0 Å². The predicted octanol–water partition coefficient (Wildman–Crippen LogP) is 5.74. The predicted molar refractivity (Wildman–Crippen MR) is 98.9 cm³/mol. The second kappa shape index (κ2) is 9.39. The van der Waals surface area contributed by atoms with Gasteiger partial charge in [-0.25, -0.2) is 0 Å². The molecule has 126 valence electrons. The molecule has 0 bridgehead atoms. The standard InChI is InChI=1S/C20H30N2O/c1-3-5-7-9-14-22-15-13-17-11-12-18(16-19(17)22)21-20(23)10-8-6-4-2/h11-13,15-16H,3-10,14H2,1-2H3,(H,21,23). The van der Waals surface area contributed by atoms with E-state index in [2.05, 4.69) is 48.1 Å². The van der Waals surface area contributed by atoms with Crippen molar-refractivity contribution >= 4 is 22.5 Å². The SMILES string of the molecule is CCCCCCn1ccc2ccc(NC(=O)CCCCC)cc21. The Hall–Kier alpha value is -1.77. The van der Waals surface area contributed by atoms with Crippen molar-refractivity contribution in [2.45, 2.75) is 71.8 Å². The van der Waals surface area contributed by atoms with Crippen LogP contribution in [0.1, 0.15) is 65.2 Å². The zero-order valence-electron chi connectivity index (χ0n) is 14.6. The molecule has 0 unspecified atom stereocenters. The number of benzene rings is 1. The lowest BCUT2D eigenvalue weighted by Crippen LogP contribution is -2.11. The number of aryl methyl sites for hydroxylation is 1. The highest BCUT2D eigenvalue weighted by Crippen LogP contribution is 2.21. The van der Waals surface area contributed by atoms with Gasteiger partial charge in [0.25, 0.3) is 0 Å². The molecule has 0 aliphatic carbocycles. The molecule has 0 saturated heterocycles. The minimum atomic E-state index is 0.124. The number of amides is 1. The van der Waals surface area contributed by atoms with E-state index in [4.69, 9.17) is 0 Å². The van der Waals surface area contributed by atoms with Gasteiger partial charge in [-0.3, -0.25) is 4.79 Å². The number of rotatable bonds is 10. The number of nitrogens with zero attached hydrogens (tertiary/aromatic N) is 1. The fraction of sp³-hybridized carbons (Fsp3) is 0.550. The van der Waals surface area contributed by atoms with Gasteiger partial charge >= 0.3 is 0 Å². The summed E-state index contributed by atoms with van der Waals surface area (Å²) in [5, 5.41) is 4.27. The highest BCUT2D eigenvalue weighted by molar-refractivity contribution is 5.93. The Morgan fingerprint density at radius 3 is 2.57 bits per heavy atom. The second-order valence-electron chi connectivity index (χ2n) is 6.35. The zero-order chi connectivity index (χ0) is 16.5. The minimum Gasteiger partial charge on any atom is -0.347 e. The summed E-state index contributed by atoms with van der Waals surface area (Å²) in [5.41, 5.74) is 2.13. The van der Waals surface area contributed by atoms with E-state index in [0.717, 1.165) is 31.5 Å². The number of nitrogens with one attached hydrogen (secondary N) is 1. The van der Waals surface area contributed by atoms with Crippen LogP contribution in [0, 0.1) is 0 Å². The molecule has 1 N–H and O–H groups in total. The van der Waals surface area contributed by atoms with E-state index in [1.54, 1.807) is 0 Å². The number of carbonyl (C=O) groups excluding carboxylic acids is 1. The Balaban J connectivity index is 1.97. The molecule has 23 heavy (non-hydrogen) atoms. The lowest BCUT2D eigenvalue weighted by Gasteiger charge is -2.08. The molecule has 2 aromatic rings. The van der Waals surface area contributed by atoms with Crippen LogP contribution in [0.4, 0.5) is 5.69 Å². The summed E-state index contributed by atoms with van der Waals surface area (Å²) in [6.07, 6.45) is 11.1. The van der Waals surface area contributed by atoms with Crippen LogP contribution in [0.3, 0.4) is 0 Å². The van der Waals surface area contributed by atoms with Crippen LogP contribution in [0.15, 0.2) is 30.5 Å². The molecular weight excluding hydrogens is 284 g/mol. The van der Waals surface area contributed by atoms with Crippen LogP contribution in [-0.4, -0.2) is 10.5 Å². The Kier molecular flexibility index (Phi) is 7.18. The smallest absolute Gasteiger partial charge is 0.224 e. The van der Waals surface area contributed by atoms with Gasteiger partial charge in [0.1, 0.15) is 0 Å². The van der Waals surface area contributed by atoms with Gasteiger partial charge in [0, 0.05) is 24.8 Å². The third-order valence-electron chi connectivity index (χ3n) is 4.32. The molecule has 1 heterocycles. The van der Waals surface area contributed by atoms with Gasteiger partial charge in [0.2, 0.25) is 5.91 Å². The van der Waals surface area contributed by atoms with Crippen LogP contribution in [0.5, 0.6) is 0 Å². The van der Waals surface area contributed by atoms with Crippen LogP contribution < -0.4 is 5.32 Å². The summed E-state index contributed by atoms with van der Waals surface area (Å²) in [7, 11) is 0. The first-order valence-corrected chi connectivity index (χ1v) is 9.13. The van der Waals surface area contributed by atoms with E-state index in [0.29, 0.717) is 6.42 Å². The summed E-state index contributed by atoms with van der Waals surface area (Å²) >= 11 is 0. The van der Waals surface area contributed by atoms with E-state index in [-0.39, 0.29) is 5.91 Å². The van der Waals surface area contributed by atoms with Crippen LogP contribution >= 0.6 is 0 Å². The van der Waals surface area contributed by atoms with Crippen LogP contribution in [0.25, 0.3) is 10.9 Å². The number of aromatic nitrogens is 1. The second-order valence-corrected chi connectivity index (χ2v) is 6.35. The molecule has 2 rings (SSSR count). The van der Waals surface area contributed by atoms with Crippen molar-refractivity contribution < 1.29 is 4.79 Å². The zero-order valence-corrected chi connectivity index (χ0v) is 14.6. The van der Waals surface area contributed by atoms with Gasteiger partial charge in [0.15, 0.2) is 0 Å². The summed E-state index contributed by atoms with van der Waals surface area (Å²) in [6, 6.07) is 8.36. The van der Waals surface area contributed by atoms with Crippen molar-refractivity contribution in [3.63, 3.8) is 0 Å². The number of fused-ring (bicyclic) bond motifs is 1. The summed E-state index contributed by atoms with van der Waals surface area (Å²) in [5.74, 6) is 0.124. The Morgan fingerprint density at radius 1 is 1.00 bits per heavy atom. The van der Waals surface area contributed by atoms with Gasteiger partial charge in [-0.05, 0) is 36.4 Å². The van der Waals surface area contributed by atoms with Gasteiger partial charge in [-0.1, -0.05) is 52.0 Å². The molecule has 0 atom stereocenters. The molecule has 3 nitrogen and oxygen atoms in total. The number of carbonyl (C=O) groups is 1. The van der Waals surface area contributed by atoms with E-state index < -0.39 is 0 Å². The van der Waals surface area contributed by atoms with Gasteiger partial charge in [0.05, 0.1) is 5.52 Å². The highest BCUT2D eigenvalue weighted by Gasteiger charge is 2.05. The first-order chi connectivity index (χ1) is 11.2. The molecule has 1 aromatic carbocycles. The first kappa shape index (κ1) is 17.6. The van der Waals surface area contributed by atoms with Crippen molar-refractivity contribution in [3.8, 4) is 0 Å². The normalized spacial score (nSPS) is 11.0. The molecule has 1 amide bonds. The number of unbranched alkanes of at least 4 members (excludes halogenated alkanes) is 5. The largest absolute Gasteiger partial charge is 0.347 e. The first-order valence-electron chi connectivity index (χ1n) is 9.13. The Bertz CT molecular complexity index is 615. The van der Waals surface area contributed by atoms with Crippen molar-refractivity contribution in [1.29, 1.82) is 0 Å². The molecule has 0 aliphatic rings. The number of hydrogen-bond donors (Lipinski definition) is 1. The van der Waals surface area contributed by atoms with Gasteiger partial charge in [-0.15, -0.1) is 0 Å². The van der Waals surface area contributed by atoms with Gasteiger partial charge in [-0.2, -0.15) is 0 Å². The number of hydrogen-bond acceptors (Lipinski definition) is 1. The van der Waals surface area contributed by atoms with E-state index >= 15 is 0 Å². The Labute approximate surface area is 140 Å². The lowest BCUT2D eigenvalue weighted by atomic mass is 10.2. The average Bonchev–Trinajstić information content (AvgIpc) is 2.94. The maximum Gasteiger partial charge on any atom is 0.224 e. The summed E-state index contributed by atoms with van der Waals surface area (Å²) < 4.78 is 2.30. The molecule has 1 aromatic heterocycles. The summed E-state index contributed by atoms with van der Waals surface area (Å²) in [6.45, 7) is 5.44. The molecule has 3 heteroatoms.